The molecule has 19 heavy (non-hydrogen) atoms. The molecule has 1 aromatic heterocycles. The lowest BCUT2D eigenvalue weighted by Crippen LogP contribution is -2.26. The molecule has 0 unspecified atom stereocenters. The molecule has 0 radical (unpaired) electrons. The van der Waals surface area contributed by atoms with E-state index in [4.69, 9.17) is 4.74 Å². The van der Waals surface area contributed by atoms with E-state index >= 15 is 0 Å². The fourth-order valence-electron chi connectivity index (χ4n) is 1.80. The number of nitro groups is 1. The lowest BCUT2D eigenvalue weighted by atomic mass is 9.96. The summed E-state index contributed by atoms with van der Waals surface area (Å²) in [7, 11) is 0. The van der Waals surface area contributed by atoms with Crippen molar-refractivity contribution in [1.29, 1.82) is 0 Å². The number of nitrogens with one attached hydrogen (secondary N) is 1. The summed E-state index contributed by atoms with van der Waals surface area (Å²) < 4.78 is 5.61. The molecule has 0 saturated heterocycles. The molecule has 0 atom stereocenters. The van der Waals surface area contributed by atoms with Gasteiger partial charge in [0.1, 0.15) is 11.8 Å². The summed E-state index contributed by atoms with van der Waals surface area (Å²) in [6.45, 7) is 4.35. The van der Waals surface area contributed by atoms with E-state index in [9.17, 15) is 10.1 Å². The fraction of sp³-hybridized carbons (Fsp3) is 0.667. The SMILES string of the molecule is CCCNc1nc(C)c([N+](=O)[O-])c(OC2CCC2)n1. The molecule has 0 aromatic carbocycles. The monoisotopic (exact) mass is 266 g/mol. The Balaban J connectivity index is 2.27. The van der Waals surface area contributed by atoms with Crippen molar-refractivity contribution in [3.8, 4) is 5.88 Å². The van der Waals surface area contributed by atoms with E-state index in [0.717, 1.165) is 32.2 Å². The van der Waals surface area contributed by atoms with Crippen LogP contribution in [0.2, 0.25) is 0 Å². The first-order valence-corrected chi connectivity index (χ1v) is 6.55. The van der Waals surface area contributed by atoms with Crippen LogP contribution in [0.15, 0.2) is 0 Å². The van der Waals surface area contributed by atoms with Crippen LogP contribution in [0.25, 0.3) is 0 Å². The van der Waals surface area contributed by atoms with Crippen molar-refractivity contribution >= 4 is 11.6 Å². The summed E-state index contributed by atoms with van der Waals surface area (Å²) in [6.07, 6.45) is 3.93. The van der Waals surface area contributed by atoms with Crippen LogP contribution in [-0.2, 0) is 0 Å². The Morgan fingerprint density at radius 1 is 1.47 bits per heavy atom. The van der Waals surface area contributed by atoms with Crippen molar-refractivity contribution in [2.45, 2.75) is 45.6 Å². The lowest BCUT2D eigenvalue weighted by Gasteiger charge is -2.25. The minimum absolute atomic E-state index is 0.0482. The molecule has 0 bridgehead atoms. The Bertz CT molecular complexity index is 474. The zero-order valence-electron chi connectivity index (χ0n) is 11.2. The lowest BCUT2D eigenvalue weighted by molar-refractivity contribution is -0.387. The third-order valence-electron chi connectivity index (χ3n) is 3.07. The van der Waals surface area contributed by atoms with Crippen LogP contribution >= 0.6 is 0 Å². The molecule has 1 aromatic rings. The molecule has 1 saturated carbocycles. The van der Waals surface area contributed by atoms with E-state index in [0.29, 0.717) is 11.6 Å². The van der Waals surface area contributed by atoms with Crippen LogP contribution in [0.4, 0.5) is 11.6 Å². The molecule has 104 valence electrons. The molecule has 0 spiro atoms. The van der Waals surface area contributed by atoms with Gasteiger partial charge in [0, 0.05) is 6.54 Å². The van der Waals surface area contributed by atoms with E-state index in [2.05, 4.69) is 15.3 Å². The van der Waals surface area contributed by atoms with Gasteiger partial charge < -0.3 is 10.1 Å². The first-order valence-electron chi connectivity index (χ1n) is 6.55. The van der Waals surface area contributed by atoms with Crippen molar-refractivity contribution in [3.63, 3.8) is 0 Å². The molecule has 1 aliphatic rings. The van der Waals surface area contributed by atoms with Gasteiger partial charge in [-0.3, -0.25) is 10.1 Å². The van der Waals surface area contributed by atoms with E-state index in [-0.39, 0.29) is 17.7 Å². The molecule has 1 N–H and O–H groups in total. The first kappa shape index (κ1) is 13.5. The maximum Gasteiger partial charge on any atom is 0.352 e. The topological polar surface area (TPSA) is 90.2 Å². The van der Waals surface area contributed by atoms with Crippen molar-refractivity contribution in [2.24, 2.45) is 0 Å². The minimum atomic E-state index is -0.479. The zero-order chi connectivity index (χ0) is 13.8. The van der Waals surface area contributed by atoms with E-state index in [1.54, 1.807) is 6.92 Å². The number of hydrogen-bond donors (Lipinski definition) is 1. The summed E-state index contributed by atoms with van der Waals surface area (Å²) >= 11 is 0. The average Bonchev–Trinajstić information content (AvgIpc) is 2.30. The van der Waals surface area contributed by atoms with Crippen molar-refractivity contribution in [1.82, 2.24) is 9.97 Å². The maximum atomic E-state index is 11.1. The molecular weight excluding hydrogens is 248 g/mol. The standard InChI is InChI=1S/C12H18N4O3/c1-3-7-13-12-14-8(2)10(16(17)18)11(15-12)19-9-5-4-6-9/h9H,3-7H2,1-2H3,(H,13,14,15). The highest BCUT2D eigenvalue weighted by Crippen LogP contribution is 2.32. The number of aryl methyl sites for hydroxylation is 1. The Morgan fingerprint density at radius 3 is 2.74 bits per heavy atom. The van der Waals surface area contributed by atoms with Crippen LogP contribution in [0, 0.1) is 17.0 Å². The number of rotatable bonds is 6. The highest BCUT2D eigenvalue weighted by Gasteiger charge is 2.28. The average molecular weight is 266 g/mol. The summed E-state index contributed by atoms with van der Waals surface area (Å²) in [5.41, 5.74) is 0.196. The van der Waals surface area contributed by atoms with Gasteiger partial charge in [-0.2, -0.15) is 4.98 Å². The third-order valence-corrected chi connectivity index (χ3v) is 3.07. The van der Waals surface area contributed by atoms with Gasteiger partial charge in [-0.15, -0.1) is 0 Å². The second-order valence-electron chi connectivity index (χ2n) is 4.64. The predicted octanol–water partition coefficient (Wildman–Crippen LogP) is 2.45. The summed E-state index contributed by atoms with van der Waals surface area (Å²) in [6, 6.07) is 0. The second-order valence-corrected chi connectivity index (χ2v) is 4.64. The van der Waals surface area contributed by atoms with Gasteiger partial charge >= 0.3 is 5.69 Å². The molecule has 1 heterocycles. The number of anilines is 1. The molecule has 0 aliphatic heterocycles. The van der Waals surface area contributed by atoms with Crippen LogP contribution in [-0.4, -0.2) is 27.5 Å². The highest BCUT2D eigenvalue weighted by molar-refractivity contribution is 5.48. The number of hydrogen-bond acceptors (Lipinski definition) is 6. The van der Waals surface area contributed by atoms with Gasteiger partial charge in [0.05, 0.1) is 4.92 Å². The quantitative estimate of drug-likeness (QED) is 0.628. The second kappa shape index (κ2) is 5.81. The molecule has 7 heteroatoms. The van der Waals surface area contributed by atoms with Gasteiger partial charge in [0.2, 0.25) is 5.95 Å². The third kappa shape index (κ3) is 3.10. The van der Waals surface area contributed by atoms with Gasteiger partial charge in [-0.1, -0.05) is 6.92 Å². The van der Waals surface area contributed by atoms with Crippen molar-refractivity contribution < 1.29 is 9.66 Å². The Labute approximate surface area is 111 Å². The van der Waals surface area contributed by atoms with Crippen LogP contribution in [0.3, 0.4) is 0 Å². The van der Waals surface area contributed by atoms with E-state index < -0.39 is 4.92 Å². The van der Waals surface area contributed by atoms with E-state index in [1.165, 1.54) is 0 Å². The minimum Gasteiger partial charge on any atom is -0.469 e. The fourth-order valence-corrected chi connectivity index (χ4v) is 1.80. The Morgan fingerprint density at radius 2 is 2.21 bits per heavy atom. The molecule has 2 rings (SSSR count). The van der Waals surface area contributed by atoms with Crippen LogP contribution in [0.1, 0.15) is 38.3 Å². The molecule has 1 aliphatic carbocycles. The molecule has 1 fully saturated rings. The number of ether oxygens (including phenoxy) is 1. The number of aromatic nitrogens is 2. The van der Waals surface area contributed by atoms with Gasteiger partial charge in [-0.05, 0) is 32.6 Å². The van der Waals surface area contributed by atoms with Crippen LogP contribution < -0.4 is 10.1 Å². The van der Waals surface area contributed by atoms with Gasteiger partial charge in [0.25, 0.3) is 5.88 Å². The molecular formula is C12H18N4O3. The van der Waals surface area contributed by atoms with Gasteiger partial charge in [-0.25, -0.2) is 4.98 Å². The molecule has 7 nitrogen and oxygen atoms in total. The van der Waals surface area contributed by atoms with Crippen molar-refractivity contribution in [2.75, 3.05) is 11.9 Å². The largest absolute Gasteiger partial charge is 0.469 e. The van der Waals surface area contributed by atoms with Gasteiger partial charge in [0.15, 0.2) is 0 Å². The summed E-state index contributed by atoms with van der Waals surface area (Å²) in [5, 5.41) is 14.1. The van der Waals surface area contributed by atoms with Crippen molar-refractivity contribution in [3.05, 3.63) is 15.8 Å². The maximum absolute atomic E-state index is 11.1. The van der Waals surface area contributed by atoms with Crippen LogP contribution in [0.5, 0.6) is 5.88 Å². The smallest absolute Gasteiger partial charge is 0.352 e. The highest BCUT2D eigenvalue weighted by atomic mass is 16.6. The molecule has 0 amide bonds. The predicted molar refractivity (Wildman–Crippen MR) is 70.5 cm³/mol. The Hall–Kier alpha value is -1.92. The normalized spacial score (nSPS) is 14.8. The summed E-state index contributed by atoms with van der Waals surface area (Å²) in [5.74, 6) is 0.472. The first-order chi connectivity index (χ1) is 9.11. The summed E-state index contributed by atoms with van der Waals surface area (Å²) in [4.78, 5) is 18.8. The zero-order valence-corrected chi connectivity index (χ0v) is 11.2. The Kier molecular flexibility index (Phi) is 4.13. The number of nitrogens with zero attached hydrogens (tertiary/aromatic N) is 3. The van der Waals surface area contributed by atoms with E-state index in [1.807, 2.05) is 6.92 Å².